The first-order chi connectivity index (χ1) is 17.2. The van der Waals surface area contributed by atoms with Gasteiger partial charge in [0.05, 0.1) is 26.4 Å². The fourth-order valence-corrected chi connectivity index (χ4v) is 2.97. The lowest BCUT2D eigenvalue weighted by Gasteiger charge is -1.92. The summed E-state index contributed by atoms with van der Waals surface area (Å²) in [6, 6.07) is 33.4. The van der Waals surface area contributed by atoms with Crippen LogP contribution < -0.4 is 0 Å². The predicted octanol–water partition coefficient (Wildman–Crippen LogP) is 6.01. The van der Waals surface area contributed by atoms with Gasteiger partial charge in [-0.05, 0) is 21.5 Å². The Balaban J connectivity index is 0.000000163. The molecule has 4 aromatic carbocycles. The number of epoxide rings is 2. The Morgan fingerprint density at radius 2 is 0.714 bits per heavy atom. The monoisotopic (exact) mass is 478 g/mol. The Morgan fingerprint density at radius 3 is 0.829 bits per heavy atom. The maximum atomic E-state index is 4.82. The van der Waals surface area contributed by atoms with Crippen LogP contribution in [0.3, 0.4) is 0 Å². The van der Waals surface area contributed by atoms with Crippen molar-refractivity contribution in [1.82, 2.24) is 0 Å². The minimum Gasteiger partial charge on any atom is -0.388 e. The van der Waals surface area contributed by atoms with Crippen LogP contribution in [0.4, 0.5) is 0 Å². The summed E-state index contributed by atoms with van der Waals surface area (Å²) >= 11 is 0. The second-order valence-corrected chi connectivity index (χ2v) is 7.92. The van der Waals surface area contributed by atoms with Gasteiger partial charge in [0.1, 0.15) is 12.2 Å². The lowest BCUT2D eigenvalue weighted by atomic mass is 10.1. The van der Waals surface area contributed by atoms with Crippen molar-refractivity contribution in [1.29, 1.82) is 0 Å². The van der Waals surface area contributed by atoms with E-state index in [-0.39, 0.29) is 0 Å². The zero-order chi connectivity index (χ0) is 25.1. The van der Waals surface area contributed by atoms with E-state index in [1.165, 1.54) is 21.5 Å². The molecule has 0 amide bonds. The third kappa shape index (κ3) is 13.0. The SMILES string of the molecule is COC.COCC1CO1.COCC1CO1.c1ccc2ccccc2c1.c1ccc2ccccc2c1. The maximum absolute atomic E-state index is 4.82. The molecule has 0 aliphatic carbocycles. The first-order valence-electron chi connectivity index (χ1n) is 11.7. The smallest absolute Gasteiger partial charge is 0.104 e. The van der Waals surface area contributed by atoms with Crippen molar-refractivity contribution in [3.8, 4) is 0 Å². The van der Waals surface area contributed by atoms with Gasteiger partial charge in [-0.3, -0.25) is 0 Å². The highest BCUT2D eigenvalue weighted by atomic mass is 16.6. The zero-order valence-electron chi connectivity index (χ0n) is 21.3. The lowest BCUT2D eigenvalue weighted by Crippen LogP contribution is -1.94. The number of rotatable bonds is 4. The Hall–Kier alpha value is -2.80. The van der Waals surface area contributed by atoms with Gasteiger partial charge in [0.25, 0.3) is 0 Å². The molecule has 2 atom stereocenters. The van der Waals surface area contributed by atoms with E-state index in [2.05, 4.69) is 102 Å². The van der Waals surface area contributed by atoms with Crippen LogP contribution >= 0.6 is 0 Å². The third-order valence-electron chi connectivity index (χ3n) is 4.83. The molecule has 5 heteroatoms. The molecule has 2 fully saturated rings. The van der Waals surface area contributed by atoms with E-state index in [1.807, 2.05) is 0 Å². The topological polar surface area (TPSA) is 52.8 Å². The van der Waals surface area contributed by atoms with Gasteiger partial charge in [-0.15, -0.1) is 0 Å². The van der Waals surface area contributed by atoms with Gasteiger partial charge in [-0.25, -0.2) is 0 Å². The number of hydrogen-bond acceptors (Lipinski definition) is 5. The molecule has 0 aromatic heterocycles. The van der Waals surface area contributed by atoms with Gasteiger partial charge in [0.2, 0.25) is 0 Å². The fourth-order valence-electron chi connectivity index (χ4n) is 2.97. The number of ether oxygens (including phenoxy) is 5. The minimum absolute atomic E-state index is 0.426. The highest BCUT2D eigenvalue weighted by molar-refractivity contribution is 5.82. The van der Waals surface area contributed by atoms with Gasteiger partial charge in [-0.2, -0.15) is 0 Å². The average molecular weight is 479 g/mol. The van der Waals surface area contributed by atoms with E-state index >= 15 is 0 Å². The predicted molar refractivity (Wildman–Crippen MR) is 144 cm³/mol. The van der Waals surface area contributed by atoms with Crippen molar-refractivity contribution in [2.24, 2.45) is 0 Å². The van der Waals surface area contributed by atoms with E-state index in [4.69, 9.17) is 18.9 Å². The van der Waals surface area contributed by atoms with Gasteiger partial charge in [-0.1, -0.05) is 97.1 Å². The first-order valence-corrected chi connectivity index (χ1v) is 11.7. The number of fused-ring (bicyclic) bond motifs is 2. The standard InChI is InChI=1S/2C10H8.2C4H8O2.C2H6O/c2*1-2-6-10-8-4-3-7-9(10)5-1;2*1-5-2-4-3-6-4;1-3-2/h2*1-8H;2*4H,2-3H2,1H3;1-2H3. The van der Waals surface area contributed by atoms with Crippen molar-refractivity contribution in [2.75, 3.05) is 54.9 Å². The summed E-state index contributed by atoms with van der Waals surface area (Å²) in [5, 5.41) is 5.24. The van der Waals surface area contributed by atoms with Crippen molar-refractivity contribution in [3.05, 3.63) is 97.1 Å². The second kappa shape index (κ2) is 17.6. The van der Waals surface area contributed by atoms with Gasteiger partial charge >= 0.3 is 0 Å². The molecule has 5 nitrogen and oxygen atoms in total. The van der Waals surface area contributed by atoms with Crippen LogP contribution in [0.2, 0.25) is 0 Å². The van der Waals surface area contributed by atoms with Crippen LogP contribution in [0.5, 0.6) is 0 Å². The summed E-state index contributed by atoms with van der Waals surface area (Å²) in [5.41, 5.74) is 0. The van der Waals surface area contributed by atoms with Crippen molar-refractivity contribution >= 4 is 21.5 Å². The van der Waals surface area contributed by atoms with Crippen LogP contribution in [0.25, 0.3) is 21.5 Å². The molecule has 0 saturated carbocycles. The lowest BCUT2D eigenvalue weighted by molar-refractivity contribution is 0.171. The van der Waals surface area contributed by atoms with Crippen molar-refractivity contribution in [2.45, 2.75) is 12.2 Å². The van der Waals surface area contributed by atoms with Gasteiger partial charge < -0.3 is 23.7 Å². The van der Waals surface area contributed by atoms with Crippen LogP contribution in [0.15, 0.2) is 97.1 Å². The largest absolute Gasteiger partial charge is 0.388 e. The molecule has 35 heavy (non-hydrogen) atoms. The van der Waals surface area contributed by atoms with E-state index in [1.54, 1.807) is 28.4 Å². The highest BCUT2D eigenvalue weighted by Gasteiger charge is 2.21. The Labute approximate surface area is 209 Å². The molecule has 4 aromatic rings. The molecule has 0 radical (unpaired) electrons. The van der Waals surface area contributed by atoms with Crippen LogP contribution in [-0.2, 0) is 23.7 Å². The molecule has 2 unspecified atom stereocenters. The molecule has 0 N–H and O–H groups in total. The quantitative estimate of drug-likeness (QED) is 0.337. The van der Waals surface area contributed by atoms with Gasteiger partial charge in [0.15, 0.2) is 0 Å². The maximum Gasteiger partial charge on any atom is 0.104 e. The van der Waals surface area contributed by atoms with Crippen molar-refractivity contribution in [3.63, 3.8) is 0 Å². The van der Waals surface area contributed by atoms with E-state index < -0.39 is 0 Å². The molecule has 2 heterocycles. The molecule has 0 spiro atoms. The summed E-state index contributed by atoms with van der Waals surface area (Å²) in [4.78, 5) is 0. The molecule has 2 aliphatic heterocycles. The van der Waals surface area contributed by atoms with E-state index in [0.29, 0.717) is 12.2 Å². The fraction of sp³-hybridized carbons (Fsp3) is 0.333. The molecule has 2 aliphatic rings. The average Bonchev–Trinajstić information content (AvgIpc) is 3.84. The third-order valence-corrected chi connectivity index (χ3v) is 4.83. The summed E-state index contributed by atoms with van der Waals surface area (Å²) in [5.74, 6) is 0. The van der Waals surface area contributed by atoms with Crippen molar-refractivity contribution < 1.29 is 23.7 Å². The second-order valence-electron chi connectivity index (χ2n) is 7.92. The van der Waals surface area contributed by atoms with Gasteiger partial charge in [0, 0.05) is 28.4 Å². The van der Waals surface area contributed by atoms with E-state index in [9.17, 15) is 0 Å². The van der Waals surface area contributed by atoms with Crippen LogP contribution in [0.1, 0.15) is 0 Å². The molecule has 2 saturated heterocycles. The molecule has 6 rings (SSSR count). The Kier molecular flexibility index (Phi) is 14.3. The molecular weight excluding hydrogens is 440 g/mol. The Morgan fingerprint density at radius 1 is 0.514 bits per heavy atom. The Bertz CT molecular complexity index is 844. The number of hydrogen-bond donors (Lipinski definition) is 0. The summed E-state index contributed by atoms with van der Waals surface area (Å²) in [6.45, 7) is 3.32. The van der Waals surface area contributed by atoms with E-state index in [0.717, 1.165) is 26.4 Å². The summed E-state index contributed by atoms with van der Waals surface area (Å²) in [7, 11) is 6.61. The van der Waals surface area contributed by atoms with Crippen LogP contribution in [0, 0.1) is 0 Å². The highest BCUT2D eigenvalue weighted by Crippen LogP contribution is 2.12. The molecule has 0 bridgehead atoms. The number of methoxy groups -OCH3 is 3. The first kappa shape index (κ1) is 28.4. The summed E-state index contributed by atoms with van der Waals surface area (Å²) < 4.78 is 23.4. The summed E-state index contributed by atoms with van der Waals surface area (Å²) in [6.07, 6.45) is 0.852. The zero-order valence-corrected chi connectivity index (χ0v) is 21.3. The number of benzene rings is 4. The van der Waals surface area contributed by atoms with Crippen LogP contribution in [-0.4, -0.2) is 67.1 Å². The normalized spacial score (nSPS) is 16.7. The molecular formula is C30H38O5. The minimum atomic E-state index is 0.426. The molecule has 188 valence electrons.